The highest BCUT2D eigenvalue weighted by molar-refractivity contribution is 5.82. The fourth-order valence-electron chi connectivity index (χ4n) is 4.14. The van der Waals surface area contributed by atoms with Crippen LogP contribution in [-0.4, -0.2) is 31.3 Å². The second-order valence-electron chi connectivity index (χ2n) is 9.57. The van der Waals surface area contributed by atoms with Gasteiger partial charge >= 0.3 is 0 Å². The first kappa shape index (κ1) is 24.9. The van der Waals surface area contributed by atoms with Crippen LogP contribution in [0.2, 0.25) is 0 Å². The van der Waals surface area contributed by atoms with Gasteiger partial charge in [0.15, 0.2) is 0 Å². The van der Waals surface area contributed by atoms with Gasteiger partial charge in [-0.3, -0.25) is 4.79 Å². The first-order valence-corrected chi connectivity index (χ1v) is 11.4. The molecule has 1 saturated heterocycles. The largest absolute Gasteiger partial charge is 0.462 e. The lowest BCUT2D eigenvalue weighted by molar-refractivity contribution is -0.138. The third-order valence-electron chi connectivity index (χ3n) is 5.76. The third kappa shape index (κ3) is 7.37. The quantitative estimate of drug-likeness (QED) is 0.495. The van der Waals surface area contributed by atoms with Gasteiger partial charge < -0.3 is 14.8 Å². The highest BCUT2D eigenvalue weighted by Crippen LogP contribution is 2.33. The van der Waals surface area contributed by atoms with Crippen molar-refractivity contribution >= 4 is 17.2 Å². The van der Waals surface area contributed by atoms with E-state index in [0.717, 1.165) is 18.7 Å². The molecular weight excluding hydrogens is 417 g/mol. The minimum atomic E-state index is -0.318. The summed E-state index contributed by atoms with van der Waals surface area (Å²) in [5.74, 6) is 0.525. The molecule has 1 aliphatic heterocycles. The van der Waals surface area contributed by atoms with Crippen molar-refractivity contribution in [2.24, 2.45) is 5.92 Å². The molecule has 0 bridgehead atoms. The molecule has 0 amide bonds. The van der Waals surface area contributed by atoms with E-state index in [1.54, 1.807) is 12.1 Å². The fourth-order valence-corrected chi connectivity index (χ4v) is 4.14. The summed E-state index contributed by atoms with van der Waals surface area (Å²) in [5.41, 5.74) is 2.02. The summed E-state index contributed by atoms with van der Waals surface area (Å²) in [6.45, 7) is 10.5. The number of benzene rings is 3. The summed E-state index contributed by atoms with van der Waals surface area (Å²) >= 11 is 0. The van der Waals surface area contributed by atoms with Crippen LogP contribution < -0.4 is 5.32 Å². The number of ether oxygens (including phenoxy) is 2. The van der Waals surface area contributed by atoms with Crippen molar-refractivity contribution in [1.82, 2.24) is 5.32 Å². The number of carbonyl (C=O) groups excluding carboxylic acids is 1. The molecule has 0 saturated carbocycles. The van der Waals surface area contributed by atoms with Gasteiger partial charge in [-0.25, -0.2) is 4.39 Å². The number of fused-ring (bicyclic) bond motifs is 1. The molecule has 1 aliphatic rings. The van der Waals surface area contributed by atoms with E-state index in [9.17, 15) is 9.18 Å². The van der Waals surface area contributed by atoms with Crippen molar-refractivity contribution in [2.45, 2.75) is 51.9 Å². The second-order valence-corrected chi connectivity index (χ2v) is 9.57. The van der Waals surface area contributed by atoms with Crippen LogP contribution in [0.25, 0.3) is 10.8 Å². The minimum Gasteiger partial charge on any atom is -0.462 e. The topological polar surface area (TPSA) is 47.6 Å². The number of nitrogens with one attached hydrogen (secondary N) is 1. The van der Waals surface area contributed by atoms with E-state index in [1.165, 1.54) is 16.3 Å². The molecule has 3 aromatic carbocycles. The van der Waals surface area contributed by atoms with Crippen LogP contribution in [-0.2, 0) is 20.9 Å². The Morgan fingerprint density at radius 2 is 1.70 bits per heavy atom. The van der Waals surface area contributed by atoms with Gasteiger partial charge in [-0.05, 0) is 73.3 Å². The number of piperidine rings is 1. The van der Waals surface area contributed by atoms with Crippen LogP contribution in [0.5, 0.6) is 0 Å². The van der Waals surface area contributed by atoms with Crippen LogP contribution in [0, 0.1) is 11.7 Å². The maximum Gasteiger partial charge on any atom is 0.293 e. The first-order valence-electron chi connectivity index (χ1n) is 11.4. The van der Waals surface area contributed by atoms with Crippen molar-refractivity contribution in [3.05, 3.63) is 83.7 Å². The van der Waals surface area contributed by atoms with Crippen molar-refractivity contribution in [3.8, 4) is 0 Å². The average Bonchev–Trinajstić information content (AvgIpc) is 2.78. The lowest BCUT2D eigenvalue weighted by Gasteiger charge is -2.37. The van der Waals surface area contributed by atoms with Crippen LogP contribution in [0.4, 0.5) is 4.39 Å². The smallest absolute Gasteiger partial charge is 0.293 e. The summed E-state index contributed by atoms with van der Waals surface area (Å²) in [6.07, 6.45) is 0.0793. The molecule has 1 N–H and O–H groups in total. The SMILES string of the molecule is CC(C)(C)OC=O.CC1CNCC(OCc2ccc3ccccc3c2)C1c1ccc(F)cc1. The molecule has 3 aromatic rings. The number of hydrogen-bond acceptors (Lipinski definition) is 4. The zero-order chi connectivity index (χ0) is 23.8. The Morgan fingerprint density at radius 1 is 1.00 bits per heavy atom. The molecule has 3 atom stereocenters. The van der Waals surface area contributed by atoms with Crippen molar-refractivity contribution < 1.29 is 18.7 Å². The molecule has 3 unspecified atom stereocenters. The minimum absolute atomic E-state index is 0.0793. The normalized spacial score (nSPS) is 20.6. The average molecular weight is 452 g/mol. The highest BCUT2D eigenvalue weighted by atomic mass is 19.1. The molecule has 0 aromatic heterocycles. The van der Waals surface area contributed by atoms with E-state index < -0.39 is 0 Å². The van der Waals surface area contributed by atoms with Gasteiger partial charge in [0.25, 0.3) is 6.47 Å². The Labute approximate surface area is 196 Å². The van der Waals surface area contributed by atoms with Crippen LogP contribution in [0.1, 0.15) is 44.7 Å². The van der Waals surface area contributed by atoms with Gasteiger partial charge in [0.1, 0.15) is 11.4 Å². The summed E-state index contributed by atoms with van der Waals surface area (Å²) in [6, 6.07) is 21.7. The van der Waals surface area contributed by atoms with Gasteiger partial charge in [0, 0.05) is 12.5 Å². The summed E-state index contributed by atoms with van der Waals surface area (Å²) in [5, 5.41) is 5.94. The van der Waals surface area contributed by atoms with Crippen molar-refractivity contribution in [2.75, 3.05) is 13.1 Å². The number of rotatable bonds is 5. The number of hydrogen-bond donors (Lipinski definition) is 1. The van der Waals surface area contributed by atoms with Crippen molar-refractivity contribution in [3.63, 3.8) is 0 Å². The predicted molar refractivity (Wildman–Crippen MR) is 131 cm³/mol. The molecule has 176 valence electrons. The summed E-state index contributed by atoms with van der Waals surface area (Å²) in [7, 11) is 0. The standard InChI is InChI=1S/C23H24FNO.C5H10O2/c1-16-13-25-14-22(23(16)19-8-10-21(24)11-9-19)26-15-17-6-7-18-4-2-3-5-20(18)12-17;1-5(2,3)7-4-6/h2-12,16,22-23,25H,13-15H2,1H3;4H,1-3H3. The molecule has 0 radical (unpaired) electrons. The van der Waals surface area contributed by atoms with E-state index in [-0.39, 0.29) is 23.4 Å². The highest BCUT2D eigenvalue weighted by Gasteiger charge is 2.32. The maximum atomic E-state index is 13.3. The Kier molecular flexibility index (Phi) is 8.59. The van der Waals surface area contributed by atoms with Crippen molar-refractivity contribution in [1.29, 1.82) is 0 Å². The molecule has 4 nitrogen and oxygen atoms in total. The van der Waals surface area contributed by atoms with E-state index in [2.05, 4.69) is 59.4 Å². The molecule has 1 heterocycles. The maximum absolute atomic E-state index is 13.3. The molecule has 5 heteroatoms. The lowest BCUT2D eigenvalue weighted by Crippen LogP contribution is -2.45. The van der Waals surface area contributed by atoms with E-state index in [4.69, 9.17) is 4.74 Å². The second kappa shape index (κ2) is 11.4. The number of halogens is 1. The third-order valence-corrected chi connectivity index (χ3v) is 5.76. The van der Waals surface area contributed by atoms with E-state index in [0.29, 0.717) is 19.0 Å². The molecule has 0 aliphatic carbocycles. The van der Waals surface area contributed by atoms with Crippen LogP contribution >= 0.6 is 0 Å². The summed E-state index contributed by atoms with van der Waals surface area (Å²) < 4.78 is 24.2. The fraction of sp³-hybridized carbons (Fsp3) is 0.393. The zero-order valence-corrected chi connectivity index (χ0v) is 19.9. The van der Waals surface area contributed by atoms with Gasteiger partial charge in [-0.2, -0.15) is 0 Å². The lowest BCUT2D eigenvalue weighted by atomic mass is 9.80. The zero-order valence-electron chi connectivity index (χ0n) is 19.9. The molecule has 1 fully saturated rings. The Balaban J connectivity index is 0.000000383. The summed E-state index contributed by atoms with van der Waals surface area (Å²) in [4.78, 5) is 9.60. The molecule has 4 rings (SSSR count). The molecule has 0 spiro atoms. The van der Waals surface area contributed by atoms with Crippen LogP contribution in [0.15, 0.2) is 66.7 Å². The van der Waals surface area contributed by atoms with Gasteiger partial charge in [-0.15, -0.1) is 0 Å². The Hall–Kier alpha value is -2.76. The Morgan fingerprint density at radius 3 is 2.33 bits per heavy atom. The van der Waals surface area contributed by atoms with Gasteiger partial charge in [-0.1, -0.05) is 55.5 Å². The van der Waals surface area contributed by atoms with E-state index in [1.807, 2.05) is 32.9 Å². The van der Waals surface area contributed by atoms with Crippen LogP contribution in [0.3, 0.4) is 0 Å². The van der Waals surface area contributed by atoms with E-state index >= 15 is 0 Å². The van der Waals surface area contributed by atoms with Gasteiger partial charge in [0.05, 0.1) is 12.7 Å². The number of carbonyl (C=O) groups is 1. The Bertz CT molecular complexity index is 1030. The monoisotopic (exact) mass is 451 g/mol. The predicted octanol–water partition coefficient (Wildman–Crippen LogP) is 5.85. The molecular formula is C28H34FNO3. The van der Waals surface area contributed by atoms with Gasteiger partial charge in [0.2, 0.25) is 0 Å². The molecule has 33 heavy (non-hydrogen) atoms. The first-order chi connectivity index (χ1) is 15.8.